The molecule has 4 nitrogen and oxygen atoms in total. The van der Waals surface area contributed by atoms with Crippen LogP contribution in [0.25, 0.3) is 0 Å². The first kappa shape index (κ1) is 17.5. The van der Waals surface area contributed by atoms with Crippen LogP contribution in [0.2, 0.25) is 0 Å². The molecule has 5 rings (SSSR count). The highest BCUT2D eigenvalue weighted by atomic mass is 32.1. The van der Waals surface area contributed by atoms with E-state index in [-0.39, 0.29) is 0 Å². The molecule has 0 amide bonds. The lowest BCUT2D eigenvalue weighted by Crippen LogP contribution is -2.39. The lowest BCUT2D eigenvalue weighted by atomic mass is 9.86. The first-order valence-electron chi connectivity index (χ1n) is 10.1. The topological polar surface area (TPSA) is 24.9 Å². The van der Waals surface area contributed by atoms with Crippen LogP contribution < -0.4 is 9.47 Å². The van der Waals surface area contributed by atoms with Gasteiger partial charge in [-0.1, -0.05) is 0 Å². The van der Waals surface area contributed by atoms with Gasteiger partial charge in [0, 0.05) is 46.6 Å². The smallest absolute Gasteiger partial charge is 0.123 e. The third kappa shape index (κ3) is 3.06. The SMILES string of the molecule is COc1ccc(OC)c2c1CC1c3cc(CN4CCCC4)sc3CCN1C2. The van der Waals surface area contributed by atoms with Crippen molar-refractivity contribution < 1.29 is 9.47 Å². The number of thiophene rings is 1. The molecule has 2 aromatic rings. The quantitative estimate of drug-likeness (QED) is 0.795. The van der Waals surface area contributed by atoms with Crippen molar-refractivity contribution in [2.45, 2.75) is 44.8 Å². The van der Waals surface area contributed by atoms with Crippen molar-refractivity contribution in [1.29, 1.82) is 0 Å². The largest absolute Gasteiger partial charge is 0.496 e. The Balaban J connectivity index is 1.47. The molecule has 27 heavy (non-hydrogen) atoms. The highest BCUT2D eigenvalue weighted by Crippen LogP contribution is 2.45. The van der Waals surface area contributed by atoms with E-state index in [1.165, 1.54) is 43.5 Å². The molecule has 0 N–H and O–H groups in total. The van der Waals surface area contributed by atoms with E-state index in [1.807, 2.05) is 6.07 Å². The van der Waals surface area contributed by atoms with Gasteiger partial charge in [-0.2, -0.15) is 0 Å². The summed E-state index contributed by atoms with van der Waals surface area (Å²) in [5.41, 5.74) is 4.21. The van der Waals surface area contributed by atoms with Crippen molar-refractivity contribution in [3.63, 3.8) is 0 Å². The van der Waals surface area contributed by atoms with Gasteiger partial charge in [-0.25, -0.2) is 0 Å². The minimum atomic E-state index is 0.478. The van der Waals surface area contributed by atoms with E-state index in [4.69, 9.17) is 9.47 Å². The van der Waals surface area contributed by atoms with Crippen LogP contribution in [0, 0.1) is 0 Å². The third-order valence-corrected chi connectivity index (χ3v) is 7.64. The number of hydrogen-bond acceptors (Lipinski definition) is 5. The summed E-state index contributed by atoms with van der Waals surface area (Å²) in [6, 6.07) is 7.09. The van der Waals surface area contributed by atoms with Crippen molar-refractivity contribution in [3.05, 3.63) is 44.6 Å². The van der Waals surface area contributed by atoms with E-state index < -0.39 is 0 Å². The fourth-order valence-electron chi connectivity index (χ4n) is 5.07. The maximum absolute atomic E-state index is 5.70. The predicted octanol–water partition coefficient (Wildman–Crippen LogP) is 4.02. The molecule has 1 fully saturated rings. The summed E-state index contributed by atoms with van der Waals surface area (Å²) < 4.78 is 11.3. The molecule has 0 radical (unpaired) electrons. The van der Waals surface area contributed by atoms with Gasteiger partial charge in [-0.05, 0) is 62.5 Å². The maximum Gasteiger partial charge on any atom is 0.123 e. The van der Waals surface area contributed by atoms with E-state index in [0.717, 1.165) is 37.6 Å². The van der Waals surface area contributed by atoms with E-state index in [0.29, 0.717) is 6.04 Å². The normalized spacial score (nSPS) is 22.2. The Labute approximate surface area is 165 Å². The fourth-order valence-corrected chi connectivity index (χ4v) is 6.32. The number of likely N-dealkylation sites (tertiary alicyclic amines) is 1. The zero-order chi connectivity index (χ0) is 18.4. The molecule has 1 atom stereocenters. The monoisotopic (exact) mass is 384 g/mol. The Hall–Kier alpha value is -1.56. The molecule has 1 unspecified atom stereocenters. The van der Waals surface area contributed by atoms with Crippen LogP contribution in [0.4, 0.5) is 0 Å². The summed E-state index contributed by atoms with van der Waals surface area (Å²) >= 11 is 2.05. The Bertz CT molecular complexity index is 841. The van der Waals surface area contributed by atoms with Gasteiger partial charge in [0.1, 0.15) is 11.5 Å². The Morgan fingerprint density at radius 1 is 1.04 bits per heavy atom. The highest BCUT2D eigenvalue weighted by Gasteiger charge is 2.36. The Morgan fingerprint density at radius 2 is 1.78 bits per heavy atom. The van der Waals surface area contributed by atoms with E-state index in [2.05, 4.69) is 33.3 Å². The minimum absolute atomic E-state index is 0.478. The Kier molecular flexibility index (Phi) is 4.62. The van der Waals surface area contributed by atoms with Gasteiger partial charge in [-0.15, -0.1) is 11.3 Å². The van der Waals surface area contributed by atoms with Crippen molar-refractivity contribution in [3.8, 4) is 11.5 Å². The first-order chi connectivity index (χ1) is 13.3. The number of methoxy groups -OCH3 is 2. The van der Waals surface area contributed by atoms with Gasteiger partial charge in [-0.3, -0.25) is 9.80 Å². The fraction of sp³-hybridized carbons (Fsp3) is 0.545. The van der Waals surface area contributed by atoms with Crippen LogP contribution in [-0.4, -0.2) is 43.7 Å². The van der Waals surface area contributed by atoms with Crippen LogP contribution >= 0.6 is 11.3 Å². The van der Waals surface area contributed by atoms with Crippen LogP contribution in [0.5, 0.6) is 11.5 Å². The second-order valence-electron chi connectivity index (χ2n) is 7.94. The molecule has 0 bridgehead atoms. The summed E-state index contributed by atoms with van der Waals surface area (Å²) in [4.78, 5) is 8.40. The molecule has 0 aliphatic carbocycles. The minimum Gasteiger partial charge on any atom is -0.496 e. The average molecular weight is 385 g/mol. The Morgan fingerprint density at radius 3 is 2.52 bits per heavy atom. The zero-order valence-electron chi connectivity index (χ0n) is 16.3. The number of benzene rings is 1. The van der Waals surface area contributed by atoms with Gasteiger partial charge < -0.3 is 9.47 Å². The zero-order valence-corrected chi connectivity index (χ0v) is 17.1. The molecule has 0 spiro atoms. The van der Waals surface area contributed by atoms with Gasteiger partial charge in [0.05, 0.1) is 14.2 Å². The van der Waals surface area contributed by atoms with Crippen LogP contribution in [0.3, 0.4) is 0 Å². The average Bonchev–Trinajstić information content (AvgIpc) is 3.35. The van der Waals surface area contributed by atoms with Crippen LogP contribution in [0.15, 0.2) is 18.2 Å². The van der Waals surface area contributed by atoms with Gasteiger partial charge in [0.2, 0.25) is 0 Å². The predicted molar refractivity (Wildman–Crippen MR) is 109 cm³/mol. The summed E-state index contributed by atoms with van der Waals surface area (Å²) in [6.07, 6.45) is 4.92. The number of hydrogen-bond donors (Lipinski definition) is 0. The van der Waals surface area contributed by atoms with Gasteiger partial charge in [0.25, 0.3) is 0 Å². The van der Waals surface area contributed by atoms with Crippen molar-refractivity contribution in [1.82, 2.24) is 9.80 Å². The van der Waals surface area contributed by atoms with Crippen molar-refractivity contribution >= 4 is 11.3 Å². The maximum atomic E-state index is 5.70. The molecule has 144 valence electrons. The summed E-state index contributed by atoms with van der Waals surface area (Å²) in [6.45, 7) is 5.77. The molecular weight excluding hydrogens is 356 g/mol. The third-order valence-electron chi connectivity index (χ3n) is 6.44. The van der Waals surface area contributed by atoms with E-state index in [9.17, 15) is 0 Å². The van der Waals surface area contributed by atoms with E-state index >= 15 is 0 Å². The molecule has 1 aromatic carbocycles. The summed E-state index contributed by atoms with van der Waals surface area (Å²) in [7, 11) is 3.55. The molecule has 5 heteroatoms. The lowest BCUT2D eigenvalue weighted by molar-refractivity contribution is 0.158. The molecule has 3 aliphatic rings. The van der Waals surface area contributed by atoms with Crippen LogP contribution in [-0.2, 0) is 25.9 Å². The van der Waals surface area contributed by atoms with Gasteiger partial charge >= 0.3 is 0 Å². The number of nitrogens with zero attached hydrogens (tertiary/aromatic N) is 2. The summed E-state index contributed by atoms with van der Waals surface area (Å²) in [5.74, 6) is 2.00. The number of fused-ring (bicyclic) bond motifs is 4. The lowest BCUT2D eigenvalue weighted by Gasteiger charge is -2.41. The standard InChI is InChI=1S/C22H28N2O2S/c1-25-20-5-6-21(26-2)18-14-24-10-7-22-17(19(24)12-16(18)20)11-15(27-22)13-23-8-3-4-9-23/h5-6,11,19H,3-4,7-10,12-14H2,1-2H3. The van der Waals surface area contributed by atoms with Crippen molar-refractivity contribution in [2.24, 2.45) is 0 Å². The van der Waals surface area contributed by atoms with Crippen molar-refractivity contribution in [2.75, 3.05) is 33.9 Å². The second-order valence-corrected chi connectivity index (χ2v) is 9.16. The first-order valence-corrected chi connectivity index (χ1v) is 10.9. The molecule has 3 aliphatic heterocycles. The van der Waals surface area contributed by atoms with Gasteiger partial charge in [0.15, 0.2) is 0 Å². The number of ether oxygens (including phenoxy) is 2. The molecular formula is C22H28N2O2S. The highest BCUT2D eigenvalue weighted by molar-refractivity contribution is 7.12. The number of rotatable bonds is 4. The molecule has 1 saturated heterocycles. The summed E-state index contributed by atoms with van der Waals surface area (Å²) in [5, 5.41) is 0. The second kappa shape index (κ2) is 7.12. The van der Waals surface area contributed by atoms with E-state index in [1.54, 1.807) is 29.5 Å². The van der Waals surface area contributed by atoms with Crippen LogP contribution in [0.1, 0.15) is 45.3 Å². The molecule has 4 heterocycles. The molecule has 0 saturated carbocycles. The molecule has 1 aromatic heterocycles.